The molecule has 63 heavy (non-hydrogen) atoms. The SMILES string of the molecule is COc1ccc(-c2c(C)nn3c(NCc4ccc(O)cc4)cc(CCOc4cc(-c5c(C)nn6c(NCc7cccc(S(C)(=O)=O)c7)cc(C)nc56)ccc4OC)nc23)cc1OC. The highest BCUT2D eigenvalue weighted by molar-refractivity contribution is 7.90. The molecule has 0 saturated heterocycles. The number of nitrogens with one attached hydrogen (secondary N) is 2. The molecule has 4 aromatic heterocycles. The molecule has 0 unspecified atom stereocenters. The summed E-state index contributed by atoms with van der Waals surface area (Å²) >= 11 is 0. The Morgan fingerprint density at radius 3 is 1.83 bits per heavy atom. The van der Waals surface area contributed by atoms with Crippen molar-refractivity contribution in [1.29, 1.82) is 0 Å². The number of aromatic hydroxyl groups is 1. The average molecular weight is 869 g/mol. The van der Waals surface area contributed by atoms with Crippen LogP contribution in [-0.4, -0.2) is 76.9 Å². The molecule has 8 aromatic rings. The molecule has 15 nitrogen and oxygen atoms in total. The third-order valence-corrected chi connectivity index (χ3v) is 11.8. The Balaban J connectivity index is 1.08. The lowest BCUT2D eigenvalue weighted by Gasteiger charge is -2.14. The highest BCUT2D eigenvalue weighted by Crippen LogP contribution is 2.38. The van der Waals surface area contributed by atoms with Crippen LogP contribution in [0.5, 0.6) is 28.7 Å². The number of benzene rings is 4. The number of anilines is 2. The lowest BCUT2D eigenvalue weighted by Crippen LogP contribution is -2.10. The van der Waals surface area contributed by atoms with Crippen LogP contribution in [-0.2, 0) is 29.3 Å². The fourth-order valence-electron chi connectivity index (χ4n) is 7.56. The lowest BCUT2D eigenvalue weighted by atomic mass is 10.1. The van der Waals surface area contributed by atoms with E-state index >= 15 is 0 Å². The largest absolute Gasteiger partial charge is 0.508 e. The third kappa shape index (κ3) is 8.88. The fourth-order valence-corrected chi connectivity index (χ4v) is 8.25. The molecule has 0 atom stereocenters. The Morgan fingerprint density at radius 1 is 0.635 bits per heavy atom. The number of phenols is 1. The van der Waals surface area contributed by atoms with E-state index in [4.69, 9.17) is 39.1 Å². The minimum atomic E-state index is -3.34. The standard InChI is InChI=1S/C47H48N8O7S/c1-28-21-42(49-27-32-9-8-10-37(22-32)63(7,57)58)54-46(50-28)44(29(2)52-54)34-14-18-39(60-5)41(24-34)62-20-19-35-25-43(48-26-31-11-15-36(56)16-12-31)55-47(51-35)45(30(3)53-55)33-13-17-38(59-4)40(23-33)61-6/h8-18,21-25,48-49,56H,19-20,26-27H2,1-7H3. The molecule has 0 amide bonds. The number of nitrogens with zero attached hydrogens (tertiary/aromatic N) is 6. The quantitative estimate of drug-likeness (QED) is 0.0853. The number of methoxy groups -OCH3 is 3. The van der Waals surface area contributed by atoms with Crippen molar-refractivity contribution in [2.75, 3.05) is 44.8 Å². The first kappa shape index (κ1) is 42.4. The Bertz CT molecular complexity index is 3090. The maximum Gasteiger partial charge on any atom is 0.175 e. The molecule has 0 aliphatic rings. The number of sulfone groups is 1. The number of fused-ring (bicyclic) bond motifs is 2. The predicted molar refractivity (Wildman–Crippen MR) is 242 cm³/mol. The first-order valence-corrected chi connectivity index (χ1v) is 22.1. The van der Waals surface area contributed by atoms with Gasteiger partial charge >= 0.3 is 0 Å². The fraction of sp³-hybridized carbons (Fsp3) is 0.234. The molecule has 8 rings (SSSR count). The minimum absolute atomic E-state index is 0.202. The molecule has 0 spiro atoms. The van der Waals surface area contributed by atoms with Crippen molar-refractivity contribution in [2.45, 2.75) is 45.2 Å². The molecule has 0 saturated carbocycles. The van der Waals surface area contributed by atoms with Gasteiger partial charge in [-0.3, -0.25) is 0 Å². The van der Waals surface area contributed by atoms with E-state index in [0.717, 1.165) is 62.0 Å². The first-order chi connectivity index (χ1) is 30.3. The summed E-state index contributed by atoms with van der Waals surface area (Å²) < 4.78 is 51.3. The number of phenolic OH excluding ortho intramolecular Hbond substituents is 1. The van der Waals surface area contributed by atoms with Crippen LogP contribution in [0.2, 0.25) is 0 Å². The molecular weight excluding hydrogens is 821 g/mol. The van der Waals surface area contributed by atoms with Crippen LogP contribution in [0, 0.1) is 20.8 Å². The molecule has 0 aliphatic carbocycles. The van der Waals surface area contributed by atoms with Crippen molar-refractivity contribution >= 4 is 32.8 Å². The van der Waals surface area contributed by atoms with E-state index in [1.165, 1.54) is 6.26 Å². The van der Waals surface area contributed by atoms with Gasteiger partial charge in [-0.25, -0.2) is 18.4 Å². The van der Waals surface area contributed by atoms with Crippen LogP contribution in [0.1, 0.15) is 33.9 Å². The highest BCUT2D eigenvalue weighted by atomic mass is 32.2. The summed E-state index contributed by atoms with van der Waals surface area (Å²) in [7, 11) is 1.48. The summed E-state index contributed by atoms with van der Waals surface area (Å²) in [6.45, 7) is 6.96. The number of hydrogen-bond acceptors (Lipinski definition) is 13. The molecule has 4 heterocycles. The van der Waals surface area contributed by atoms with Crippen LogP contribution in [0.15, 0.2) is 102 Å². The van der Waals surface area contributed by atoms with E-state index < -0.39 is 9.84 Å². The van der Waals surface area contributed by atoms with Crippen molar-refractivity contribution in [2.24, 2.45) is 0 Å². The number of hydrogen-bond donors (Lipinski definition) is 3. The summed E-state index contributed by atoms with van der Waals surface area (Å²) in [6.07, 6.45) is 1.65. The van der Waals surface area contributed by atoms with Crippen molar-refractivity contribution in [3.63, 3.8) is 0 Å². The number of aromatic nitrogens is 6. The molecule has 0 fully saturated rings. The Morgan fingerprint density at radius 2 is 1.21 bits per heavy atom. The van der Waals surface area contributed by atoms with Gasteiger partial charge < -0.3 is 34.7 Å². The highest BCUT2D eigenvalue weighted by Gasteiger charge is 2.21. The molecule has 16 heteroatoms. The lowest BCUT2D eigenvalue weighted by molar-refractivity contribution is 0.297. The van der Waals surface area contributed by atoms with Crippen LogP contribution in [0.3, 0.4) is 0 Å². The van der Waals surface area contributed by atoms with Crippen molar-refractivity contribution in [3.8, 4) is 51.0 Å². The van der Waals surface area contributed by atoms with Gasteiger partial charge in [-0.15, -0.1) is 0 Å². The van der Waals surface area contributed by atoms with Crippen LogP contribution in [0.4, 0.5) is 11.6 Å². The molecule has 324 valence electrons. The Labute approximate surface area is 365 Å². The smallest absolute Gasteiger partial charge is 0.175 e. The summed E-state index contributed by atoms with van der Waals surface area (Å²) in [4.78, 5) is 10.3. The van der Waals surface area contributed by atoms with E-state index in [0.29, 0.717) is 59.6 Å². The van der Waals surface area contributed by atoms with E-state index in [1.807, 2.05) is 92.0 Å². The second-order valence-corrected chi connectivity index (χ2v) is 17.1. The third-order valence-electron chi connectivity index (χ3n) is 10.7. The normalized spacial score (nSPS) is 11.5. The molecule has 4 aromatic carbocycles. The van der Waals surface area contributed by atoms with Gasteiger partial charge in [-0.05, 0) is 91.6 Å². The predicted octanol–water partition coefficient (Wildman–Crippen LogP) is 8.01. The summed E-state index contributed by atoms with van der Waals surface area (Å²) in [5.74, 6) is 3.98. The molecule has 0 radical (unpaired) electrons. The molecule has 3 N–H and O–H groups in total. The number of ether oxygens (including phenoxy) is 4. The zero-order valence-corrected chi connectivity index (χ0v) is 36.9. The summed E-state index contributed by atoms with van der Waals surface area (Å²) in [5.41, 5.74) is 9.63. The van der Waals surface area contributed by atoms with Gasteiger partial charge in [-0.2, -0.15) is 19.2 Å². The van der Waals surface area contributed by atoms with Crippen LogP contribution < -0.4 is 29.6 Å². The summed E-state index contributed by atoms with van der Waals surface area (Å²) in [5, 5.41) is 26.6. The second-order valence-electron chi connectivity index (χ2n) is 15.1. The maximum atomic E-state index is 12.2. The van der Waals surface area contributed by atoms with Gasteiger partial charge in [0.2, 0.25) is 0 Å². The Hall–Kier alpha value is -7.33. The van der Waals surface area contributed by atoms with Crippen molar-refractivity contribution in [3.05, 3.63) is 131 Å². The van der Waals surface area contributed by atoms with Gasteiger partial charge in [0.1, 0.15) is 17.4 Å². The molecule has 0 bridgehead atoms. The second kappa shape index (κ2) is 17.6. The van der Waals surface area contributed by atoms with Gasteiger partial charge in [0.05, 0.1) is 44.2 Å². The average Bonchev–Trinajstić information content (AvgIpc) is 3.79. The minimum Gasteiger partial charge on any atom is -0.508 e. The topological polar surface area (TPSA) is 176 Å². The monoisotopic (exact) mass is 868 g/mol. The van der Waals surface area contributed by atoms with Gasteiger partial charge in [0.25, 0.3) is 0 Å². The molecular formula is C47H48N8O7S. The van der Waals surface area contributed by atoms with Crippen LogP contribution in [0.25, 0.3) is 33.5 Å². The van der Waals surface area contributed by atoms with Crippen LogP contribution >= 0.6 is 0 Å². The van der Waals surface area contributed by atoms with E-state index in [2.05, 4.69) is 10.6 Å². The zero-order chi connectivity index (χ0) is 44.4. The van der Waals surface area contributed by atoms with E-state index in [9.17, 15) is 13.5 Å². The number of rotatable bonds is 16. The van der Waals surface area contributed by atoms with Gasteiger partial charge in [-0.1, -0.05) is 36.4 Å². The summed E-state index contributed by atoms with van der Waals surface area (Å²) in [6, 6.07) is 29.4. The van der Waals surface area contributed by atoms with Gasteiger partial charge in [0, 0.05) is 60.4 Å². The van der Waals surface area contributed by atoms with Gasteiger partial charge in [0.15, 0.2) is 44.1 Å². The molecule has 0 aliphatic heterocycles. The first-order valence-electron chi connectivity index (χ1n) is 20.2. The maximum absolute atomic E-state index is 12.2. The van der Waals surface area contributed by atoms with E-state index in [-0.39, 0.29) is 17.3 Å². The number of aryl methyl sites for hydroxylation is 3. The Kier molecular flexibility index (Phi) is 11.8. The van der Waals surface area contributed by atoms with Crippen molar-refractivity contribution in [1.82, 2.24) is 29.2 Å². The van der Waals surface area contributed by atoms with Crippen molar-refractivity contribution < 1.29 is 32.5 Å². The zero-order valence-electron chi connectivity index (χ0n) is 36.1. The van der Waals surface area contributed by atoms with E-state index in [1.54, 1.807) is 56.2 Å².